The van der Waals surface area contributed by atoms with E-state index in [1.807, 2.05) is 6.07 Å². The first-order chi connectivity index (χ1) is 17.4. The van der Waals surface area contributed by atoms with Gasteiger partial charge in [-0.1, -0.05) is 11.2 Å². The molecule has 0 spiro atoms. The second-order valence-corrected chi connectivity index (χ2v) is 9.01. The summed E-state index contributed by atoms with van der Waals surface area (Å²) in [5.41, 5.74) is 9.54. The third kappa shape index (κ3) is 3.48. The molecule has 1 aliphatic heterocycles. The van der Waals surface area contributed by atoms with Gasteiger partial charge in [0.2, 0.25) is 0 Å². The number of fused-ring (bicyclic) bond motifs is 2. The van der Waals surface area contributed by atoms with Crippen molar-refractivity contribution in [1.82, 2.24) is 20.1 Å². The van der Waals surface area contributed by atoms with E-state index in [0.29, 0.717) is 63.4 Å². The van der Waals surface area contributed by atoms with Crippen LogP contribution in [0, 0.1) is 29.9 Å². The van der Waals surface area contributed by atoms with E-state index in [1.165, 1.54) is 24.5 Å². The lowest BCUT2D eigenvalue weighted by Gasteiger charge is -2.31. The van der Waals surface area contributed by atoms with Crippen LogP contribution in [0.5, 0.6) is 0 Å². The first-order valence-corrected chi connectivity index (χ1v) is 11.6. The molecule has 3 aromatic heterocycles. The van der Waals surface area contributed by atoms with Crippen LogP contribution < -0.4 is 10.6 Å². The van der Waals surface area contributed by atoms with Gasteiger partial charge in [-0.15, -0.1) is 0 Å². The molecule has 8 nitrogen and oxygen atoms in total. The van der Waals surface area contributed by atoms with Gasteiger partial charge in [-0.05, 0) is 44.0 Å². The highest BCUT2D eigenvalue weighted by molar-refractivity contribution is 6.05. The topological polar surface area (TPSA) is 121 Å². The number of aryl methyl sites for hydroxylation is 1. The van der Waals surface area contributed by atoms with Crippen LogP contribution in [0.3, 0.4) is 0 Å². The molecular weight excluding hydrogens is 464 g/mol. The molecule has 0 saturated carbocycles. The molecule has 6 rings (SSSR count). The zero-order valence-electron chi connectivity index (χ0n) is 19.3. The Balaban J connectivity index is 1.66. The first kappa shape index (κ1) is 22.1. The molecule has 180 valence electrons. The molecule has 10 heteroatoms. The summed E-state index contributed by atoms with van der Waals surface area (Å²) < 4.78 is 35.7. The fraction of sp³-hybridized carbons (Fsp3) is 0.231. The third-order valence-electron chi connectivity index (χ3n) is 6.77. The summed E-state index contributed by atoms with van der Waals surface area (Å²) in [6.07, 6.45) is 3.13. The first-order valence-electron chi connectivity index (χ1n) is 11.6. The van der Waals surface area contributed by atoms with Crippen LogP contribution in [-0.4, -0.2) is 39.2 Å². The van der Waals surface area contributed by atoms with Crippen LogP contribution >= 0.6 is 0 Å². The molecule has 36 heavy (non-hydrogen) atoms. The molecule has 1 aliphatic rings. The van der Waals surface area contributed by atoms with E-state index < -0.39 is 11.6 Å². The van der Waals surface area contributed by atoms with Gasteiger partial charge >= 0.3 is 0 Å². The summed E-state index contributed by atoms with van der Waals surface area (Å²) in [5, 5.41) is 13.7. The number of anilines is 1. The van der Waals surface area contributed by atoms with Crippen LogP contribution in [0.15, 0.2) is 41.2 Å². The van der Waals surface area contributed by atoms with Gasteiger partial charge in [-0.3, -0.25) is 0 Å². The number of nitrogens with one attached hydrogen (secondary N) is 1. The van der Waals surface area contributed by atoms with Crippen LogP contribution in [0.2, 0.25) is 0 Å². The molecule has 1 saturated heterocycles. The summed E-state index contributed by atoms with van der Waals surface area (Å²) in [6.45, 7) is 3.12. The molecule has 4 heterocycles. The van der Waals surface area contributed by atoms with Gasteiger partial charge in [0, 0.05) is 41.2 Å². The Labute approximate surface area is 204 Å². The van der Waals surface area contributed by atoms with E-state index in [1.54, 1.807) is 19.1 Å². The maximum atomic E-state index is 15.6. The zero-order valence-corrected chi connectivity index (χ0v) is 19.3. The van der Waals surface area contributed by atoms with E-state index in [2.05, 4.69) is 20.0 Å². The minimum atomic E-state index is -0.681. The quantitative estimate of drug-likeness (QED) is 0.376. The number of H-pyrrole nitrogens is 1. The smallest absolute Gasteiger partial charge is 0.167 e. The molecule has 3 N–H and O–H groups in total. The van der Waals surface area contributed by atoms with E-state index >= 15 is 4.39 Å². The number of aromatic amines is 1. The Morgan fingerprint density at radius 1 is 1.17 bits per heavy atom. The molecule has 0 unspecified atom stereocenters. The Hall–Kier alpha value is -4.36. The van der Waals surface area contributed by atoms with Gasteiger partial charge in [-0.25, -0.2) is 18.7 Å². The summed E-state index contributed by atoms with van der Waals surface area (Å²) in [5.74, 6) is -0.572. The number of halogens is 2. The molecule has 5 aromatic rings. The largest absolute Gasteiger partial charge is 0.356 e. The van der Waals surface area contributed by atoms with Crippen molar-refractivity contribution in [3.05, 3.63) is 59.6 Å². The number of pyridine rings is 1. The molecular formula is C26H21F2N7O. The fourth-order valence-corrected chi connectivity index (χ4v) is 4.81. The van der Waals surface area contributed by atoms with Crippen LogP contribution in [0.25, 0.3) is 44.4 Å². The van der Waals surface area contributed by atoms with E-state index in [-0.39, 0.29) is 17.2 Å². The van der Waals surface area contributed by atoms with Crippen molar-refractivity contribution in [2.75, 3.05) is 18.0 Å². The Bertz CT molecular complexity index is 1680. The van der Waals surface area contributed by atoms with Gasteiger partial charge < -0.3 is 20.1 Å². The number of piperidine rings is 1. The summed E-state index contributed by atoms with van der Waals surface area (Å²) in [4.78, 5) is 14.7. The van der Waals surface area contributed by atoms with Crippen molar-refractivity contribution in [2.45, 2.75) is 25.8 Å². The predicted molar refractivity (Wildman–Crippen MR) is 131 cm³/mol. The lowest BCUT2D eigenvalue weighted by Crippen LogP contribution is -2.40. The summed E-state index contributed by atoms with van der Waals surface area (Å²) >= 11 is 0. The van der Waals surface area contributed by atoms with Gasteiger partial charge in [0.05, 0.1) is 28.8 Å². The zero-order chi connectivity index (χ0) is 25.0. The maximum Gasteiger partial charge on any atom is 0.167 e. The number of benzene rings is 2. The molecule has 0 aliphatic carbocycles. The minimum Gasteiger partial charge on any atom is -0.356 e. The van der Waals surface area contributed by atoms with Gasteiger partial charge in [0.15, 0.2) is 11.4 Å². The molecule has 1 fully saturated rings. The Kier molecular flexibility index (Phi) is 5.16. The number of nitrogens with two attached hydrogens (primary N) is 1. The van der Waals surface area contributed by atoms with Gasteiger partial charge in [-0.2, -0.15) is 5.26 Å². The normalized spacial score (nSPS) is 14.6. The maximum absolute atomic E-state index is 15.6. The Morgan fingerprint density at radius 3 is 2.72 bits per heavy atom. The lowest BCUT2D eigenvalue weighted by molar-refractivity contribution is 0.450. The predicted octanol–water partition coefficient (Wildman–Crippen LogP) is 4.82. The van der Waals surface area contributed by atoms with Crippen molar-refractivity contribution in [3.8, 4) is 28.5 Å². The van der Waals surface area contributed by atoms with E-state index in [9.17, 15) is 9.65 Å². The van der Waals surface area contributed by atoms with Gasteiger partial charge in [0.1, 0.15) is 23.2 Å². The lowest BCUT2D eigenvalue weighted by atomic mass is 9.95. The van der Waals surface area contributed by atoms with Crippen molar-refractivity contribution >= 4 is 27.8 Å². The monoisotopic (exact) mass is 485 g/mol. The summed E-state index contributed by atoms with van der Waals surface area (Å²) in [7, 11) is 0. The van der Waals surface area contributed by atoms with Crippen LogP contribution in [-0.2, 0) is 0 Å². The number of hydrogen-bond acceptors (Lipinski definition) is 7. The average molecular weight is 485 g/mol. The highest BCUT2D eigenvalue weighted by Crippen LogP contribution is 2.42. The third-order valence-corrected chi connectivity index (χ3v) is 6.77. The van der Waals surface area contributed by atoms with E-state index in [4.69, 9.17) is 15.2 Å². The standard InChI is InChI=1S/C26H21F2N7O/c1-13-17-9-20(28)18(10-21(17)36-34-13)22-23(14-2-3-15(11-29)19(27)8-14)33-26(25-24(22)31-12-32-25)35-6-4-16(30)5-7-35/h2-3,8-10,12,16H,4-7,30H2,1H3,(H,31,32). The number of hydrogen-bond donors (Lipinski definition) is 2. The van der Waals surface area contributed by atoms with Crippen molar-refractivity contribution < 1.29 is 13.3 Å². The Morgan fingerprint density at radius 2 is 1.97 bits per heavy atom. The number of aromatic nitrogens is 4. The number of rotatable bonds is 3. The number of imidazole rings is 1. The number of nitriles is 1. The minimum absolute atomic E-state index is 0.0853. The molecule has 0 amide bonds. The van der Waals surface area contributed by atoms with Crippen molar-refractivity contribution in [1.29, 1.82) is 5.26 Å². The molecule has 0 bridgehead atoms. The number of nitrogens with zero attached hydrogens (tertiary/aromatic N) is 5. The fourth-order valence-electron chi connectivity index (χ4n) is 4.81. The second-order valence-electron chi connectivity index (χ2n) is 9.01. The highest BCUT2D eigenvalue weighted by Gasteiger charge is 2.27. The van der Waals surface area contributed by atoms with E-state index in [0.717, 1.165) is 12.8 Å². The summed E-state index contributed by atoms with van der Waals surface area (Å²) in [6, 6.07) is 9.16. The highest BCUT2D eigenvalue weighted by atomic mass is 19.1. The van der Waals surface area contributed by atoms with Crippen molar-refractivity contribution in [2.24, 2.45) is 5.73 Å². The SMILES string of the molecule is Cc1noc2cc(-c3c(-c4ccc(C#N)c(F)c4)nc(N4CCC(N)CC4)c4nc[nH]c34)c(F)cc12. The van der Waals surface area contributed by atoms with Gasteiger partial charge in [0.25, 0.3) is 0 Å². The van der Waals surface area contributed by atoms with Crippen LogP contribution in [0.4, 0.5) is 14.6 Å². The van der Waals surface area contributed by atoms with Crippen LogP contribution in [0.1, 0.15) is 24.1 Å². The molecule has 2 aromatic carbocycles. The second kappa shape index (κ2) is 8.39. The average Bonchev–Trinajstić information content (AvgIpc) is 3.50. The molecule has 0 radical (unpaired) electrons. The molecule has 0 atom stereocenters. The van der Waals surface area contributed by atoms with Crippen molar-refractivity contribution in [3.63, 3.8) is 0 Å².